The van der Waals surface area contributed by atoms with Crippen molar-refractivity contribution in [3.63, 3.8) is 0 Å². The number of aromatic nitrogens is 2. The molecule has 2 rings (SSSR count). The third-order valence-electron chi connectivity index (χ3n) is 3.26. The summed E-state index contributed by atoms with van der Waals surface area (Å²) < 4.78 is 26.7. The monoisotopic (exact) mass is 308 g/mol. The molecular weight excluding hydrogens is 290 g/mol. The molecule has 7 heteroatoms. The lowest BCUT2D eigenvalue weighted by atomic mass is 10.2. The molecule has 0 unspecified atom stereocenters. The molecule has 2 N–H and O–H groups in total. The predicted molar refractivity (Wildman–Crippen MR) is 80.2 cm³/mol. The fourth-order valence-electron chi connectivity index (χ4n) is 2.13. The Morgan fingerprint density at radius 3 is 2.50 bits per heavy atom. The first-order valence-electron chi connectivity index (χ1n) is 6.89. The van der Waals surface area contributed by atoms with E-state index in [0.717, 1.165) is 4.90 Å². The molecule has 0 radical (unpaired) electrons. The van der Waals surface area contributed by atoms with Crippen LogP contribution in [0.3, 0.4) is 0 Å². The molecule has 22 heavy (non-hydrogen) atoms. The van der Waals surface area contributed by atoms with Crippen LogP contribution in [0.15, 0.2) is 36.5 Å². The van der Waals surface area contributed by atoms with Crippen LogP contribution in [-0.4, -0.2) is 39.6 Å². The Bertz CT molecular complexity index is 640. The van der Waals surface area contributed by atoms with Gasteiger partial charge in [0.05, 0.1) is 18.4 Å². The summed E-state index contributed by atoms with van der Waals surface area (Å²) in [6, 6.07) is 8.69. The molecule has 5 nitrogen and oxygen atoms in total. The van der Waals surface area contributed by atoms with Crippen molar-refractivity contribution in [2.75, 3.05) is 12.3 Å². The third-order valence-corrected chi connectivity index (χ3v) is 3.26. The van der Waals surface area contributed by atoms with E-state index in [4.69, 9.17) is 5.73 Å². The van der Waals surface area contributed by atoms with E-state index < -0.39 is 18.9 Å². The Balaban J connectivity index is 2.33. The normalized spacial score (nSPS) is 11.2. The van der Waals surface area contributed by atoms with Crippen LogP contribution in [0.25, 0.3) is 5.69 Å². The second-order valence-corrected chi connectivity index (χ2v) is 5.13. The van der Waals surface area contributed by atoms with E-state index in [1.165, 1.54) is 10.9 Å². The molecule has 0 saturated carbocycles. The summed E-state index contributed by atoms with van der Waals surface area (Å²) in [5.41, 5.74) is 6.79. The molecule has 0 aliphatic carbocycles. The van der Waals surface area contributed by atoms with Crippen LogP contribution in [0.4, 0.5) is 14.6 Å². The van der Waals surface area contributed by atoms with E-state index in [9.17, 15) is 13.6 Å². The highest BCUT2D eigenvalue weighted by atomic mass is 19.3. The highest BCUT2D eigenvalue weighted by Crippen LogP contribution is 2.20. The van der Waals surface area contributed by atoms with Gasteiger partial charge in [-0.15, -0.1) is 0 Å². The van der Waals surface area contributed by atoms with E-state index in [0.29, 0.717) is 5.69 Å². The predicted octanol–water partition coefficient (Wildman–Crippen LogP) is 2.57. The standard InChI is InChI=1S/C15H18F2N4O/c1-10(2)20(9-13(16)17)15(22)12-8-19-21(14(12)18)11-6-4-3-5-7-11/h3-8,10,13H,9,18H2,1-2H3. The highest BCUT2D eigenvalue weighted by Gasteiger charge is 2.26. The number of hydrogen-bond donors (Lipinski definition) is 1. The number of amides is 1. The summed E-state index contributed by atoms with van der Waals surface area (Å²) in [6.07, 6.45) is -1.29. The lowest BCUT2D eigenvalue weighted by Gasteiger charge is -2.26. The van der Waals surface area contributed by atoms with Gasteiger partial charge in [-0.05, 0) is 26.0 Å². The van der Waals surface area contributed by atoms with E-state index >= 15 is 0 Å². The Labute approximate surface area is 127 Å². The van der Waals surface area contributed by atoms with Crippen LogP contribution in [0.5, 0.6) is 0 Å². The minimum atomic E-state index is -2.60. The Kier molecular flexibility index (Phi) is 4.75. The summed E-state index contributed by atoms with van der Waals surface area (Å²) in [4.78, 5) is 13.5. The first kappa shape index (κ1) is 15.9. The first-order chi connectivity index (χ1) is 10.4. The van der Waals surface area contributed by atoms with E-state index in [1.54, 1.807) is 26.0 Å². The molecule has 118 valence electrons. The zero-order valence-electron chi connectivity index (χ0n) is 12.4. The summed E-state index contributed by atoms with van der Waals surface area (Å²) in [7, 11) is 0. The maximum atomic E-state index is 12.6. The van der Waals surface area contributed by atoms with Crippen molar-refractivity contribution in [3.05, 3.63) is 42.1 Å². The minimum absolute atomic E-state index is 0.123. The molecule has 0 bridgehead atoms. The second kappa shape index (κ2) is 6.55. The number of halogens is 2. The van der Waals surface area contributed by atoms with Crippen LogP contribution in [0, 0.1) is 0 Å². The van der Waals surface area contributed by atoms with Crippen LogP contribution >= 0.6 is 0 Å². The number of anilines is 1. The zero-order chi connectivity index (χ0) is 16.3. The number of benzene rings is 1. The van der Waals surface area contributed by atoms with Gasteiger partial charge in [0, 0.05) is 6.04 Å². The summed E-state index contributed by atoms with van der Waals surface area (Å²) >= 11 is 0. The van der Waals surface area contributed by atoms with Crippen molar-refractivity contribution in [3.8, 4) is 5.69 Å². The lowest BCUT2D eigenvalue weighted by Crippen LogP contribution is -2.40. The third kappa shape index (κ3) is 3.24. The molecule has 1 aromatic heterocycles. The van der Waals surface area contributed by atoms with Crippen LogP contribution < -0.4 is 5.73 Å². The van der Waals surface area contributed by atoms with E-state index in [-0.39, 0.29) is 17.4 Å². The molecule has 1 amide bonds. The number of carbonyl (C=O) groups is 1. The number of nitrogens with zero attached hydrogens (tertiary/aromatic N) is 3. The molecular formula is C15H18F2N4O. The fraction of sp³-hybridized carbons (Fsp3) is 0.333. The van der Waals surface area contributed by atoms with Gasteiger partial charge < -0.3 is 10.6 Å². The maximum Gasteiger partial charge on any atom is 0.259 e. The van der Waals surface area contributed by atoms with Gasteiger partial charge in [-0.3, -0.25) is 4.79 Å². The number of alkyl halides is 2. The first-order valence-corrected chi connectivity index (χ1v) is 6.89. The van der Waals surface area contributed by atoms with E-state index in [2.05, 4.69) is 5.10 Å². The number of nitrogens with two attached hydrogens (primary N) is 1. The van der Waals surface area contributed by atoms with Crippen molar-refractivity contribution in [2.24, 2.45) is 0 Å². The second-order valence-electron chi connectivity index (χ2n) is 5.13. The van der Waals surface area contributed by atoms with Gasteiger partial charge in [0.1, 0.15) is 11.4 Å². The Morgan fingerprint density at radius 1 is 1.32 bits per heavy atom. The average Bonchev–Trinajstić information content (AvgIpc) is 2.86. The van der Waals surface area contributed by atoms with Gasteiger partial charge in [0.2, 0.25) is 0 Å². The van der Waals surface area contributed by atoms with Crippen molar-refractivity contribution in [1.82, 2.24) is 14.7 Å². The summed E-state index contributed by atoms with van der Waals surface area (Å²) in [5, 5.41) is 4.08. The molecule has 0 fully saturated rings. The fourth-order valence-corrected chi connectivity index (χ4v) is 2.13. The molecule has 2 aromatic rings. The molecule has 1 aromatic carbocycles. The number of nitrogen functional groups attached to an aromatic ring is 1. The topological polar surface area (TPSA) is 64.2 Å². The van der Waals surface area contributed by atoms with Gasteiger partial charge in [-0.2, -0.15) is 5.10 Å². The quantitative estimate of drug-likeness (QED) is 0.923. The lowest BCUT2D eigenvalue weighted by molar-refractivity contribution is 0.0477. The average molecular weight is 308 g/mol. The SMILES string of the molecule is CC(C)N(CC(F)F)C(=O)c1cnn(-c2ccccc2)c1N. The Hall–Kier alpha value is -2.44. The van der Waals surface area contributed by atoms with Gasteiger partial charge in [0.15, 0.2) is 0 Å². The number of para-hydroxylation sites is 1. The van der Waals surface area contributed by atoms with E-state index in [1.807, 2.05) is 18.2 Å². The summed E-state index contributed by atoms with van der Waals surface area (Å²) in [5.74, 6) is -0.411. The van der Waals surface area contributed by atoms with Crippen LogP contribution in [0.2, 0.25) is 0 Å². The molecule has 0 aliphatic rings. The van der Waals surface area contributed by atoms with Crippen LogP contribution in [-0.2, 0) is 0 Å². The number of hydrogen-bond acceptors (Lipinski definition) is 3. The van der Waals surface area contributed by atoms with Gasteiger partial charge >= 0.3 is 0 Å². The summed E-state index contributed by atoms with van der Waals surface area (Å²) in [6.45, 7) is 2.72. The smallest absolute Gasteiger partial charge is 0.259 e. The largest absolute Gasteiger partial charge is 0.383 e. The minimum Gasteiger partial charge on any atom is -0.383 e. The highest BCUT2D eigenvalue weighted by molar-refractivity contribution is 5.98. The van der Waals surface area contributed by atoms with Crippen molar-refractivity contribution in [1.29, 1.82) is 0 Å². The van der Waals surface area contributed by atoms with Gasteiger partial charge in [-0.1, -0.05) is 18.2 Å². The van der Waals surface area contributed by atoms with Crippen molar-refractivity contribution in [2.45, 2.75) is 26.3 Å². The molecule has 1 heterocycles. The maximum absolute atomic E-state index is 12.6. The van der Waals surface area contributed by atoms with Gasteiger partial charge in [0.25, 0.3) is 12.3 Å². The Morgan fingerprint density at radius 2 is 1.95 bits per heavy atom. The van der Waals surface area contributed by atoms with Crippen LogP contribution in [0.1, 0.15) is 24.2 Å². The zero-order valence-corrected chi connectivity index (χ0v) is 12.4. The molecule has 0 atom stereocenters. The molecule has 0 aliphatic heterocycles. The van der Waals surface area contributed by atoms with Crippen molar-refractivity contribution < 1.29 is 13.6 Å². The molecule has 0 spiro atoms. The van der Waals surface area contributed by atoms with Crippen molar-refractivity contribution >= 4 is 11.7 Å². The van der Waals surface area contributed by atoms with Gasteiger partial charge in [-0.25, -0.2) is 13.5 Å². The number of carbonyl (C=O) groups excluding carboxylic acids is 1. The number of rotatable bonds is 5. The molecule has 0 saturated heterocycles.